The van der Waals surface area contributed by atoms with E-state index in [0.29, 0.717) is 5.56 Å². The van der Waals surface area contributed by atoms with Crippen molar-refractivity contribution >= 4 is 11.9 Å². The zero-order chi connectivity index (χ0) is 20.0. The lowest BCUT2D eigenvalue weighted by molar-refractivity contribution is 0.104. The molecule has 0 fully saturated rings. The third-order valence-corrected chi connectivity index (χ3v) is 4.74. The molecule has 3 heteroatoms. The van der Waals surface area contributed by atoms with Crippen LogP contribution in [0.15, 0.2) is 54.6 Å². The van der Waals surface area contributed by atoms with Crippen LogP contribution in [0.4, 0.5) is 0 Å². The molecule has 2 aromatic carbocycles. The van der Waals surface area contributed by atoms with Gasteiger partial charge in [-0.25, -0.2) is 0 Å². The number of benzene rings is 2. The van der Waals surface area contributed by atoms with E-state index < -0.39 is 0 Å². The second-order valence-electron chi connectivity index (χ2n) is 7.11. The predicted molar refractivity (Wildman–Crippen MR) is 116 cm³/mol. The number of hydrogen-bond donors (Lipinski definition) is 1. The highest BCUT2D eigenvalue weighted by Crippen LogP contribution is 2.18. The quantitative estimate of drug-likeness (QED) is 0.236. The standard InChI is InChI=1S/C25H32O3/c1-2-3-4-5-6-7-8-11-20-28-22-17-14-21(15-18-22)16-19-25(27)23-12-9-10-13-24(23)26/h9-10,12-19,26H,2-8,11,20H2,1H3. The molecule has 0 heterocycles. The number of ether oxygens (including phenoxy) is 1. The summed E-state index contributed by atoms with van der Waals surface area (Å²) in [7, 11) is 0. The summed E-state index contributed by atoms with van der Waals surface area (Å²) in [6, 6.07) is 14.3. The van der Waals surface area contributed by atoms with Crippen LogP contribution in [0.25, 0.3) is 6.08 Å². The molecular formula is C25H32O3. The number of ketones is 1. The van der Waals surface area contributed by atoms with Gasteiger partial charge in [0, 0.05) is 0 Å². The van der Waals surface area contributed by atoms with Gasteiger partial charge in [-0.05, 0) is 42.3 Å². The van der Waals surface area contributed by atoms with Crippen molar-refractivity contribution in [1.29, 1.82) is 0 Å². The van der Waals surface area contributed by atoms with E-state index in [-0.39, 0.29) is 11.5 Å². The van der Waals surface area contributed by atoms with Crippen LogP contribution in [0.3, 0.4) is 0 Å². The molecule has 0 saturated carbocycles. The minimum atomic E-state index is -0.215. The van der Waals surface area contributed by atoms with E-state index in [1.807, 2.05) is 24.3 Å². The fraction of sp³-hybridized carbons (Fsp3) is 0.400. The first-order chi connectivity index (χ1) is 13.7. The van der Waals surface area contributed by atoms with Crippen LogP contribution in [0.5, 0.6) is 11.5 Å². The van der Waals surface area contributed by atoms with E-state index in [2.05, 4.69) is 6.92 Å². The maximum atomic E-state index is 12.1. The summed E-state index contributed by atoms with van der Waals surface area (Å²) in [5.41, 5.74) is 1.23. The number of phenolic OH excluding ortho intramolecular Hbond substituents is 1. The molecule has 2 aromatic rings. The third kappa shape index (κ3) is 7.99. The number of carbonyl (C=O) groups excluding carboxylic acids is 1. The van der Waals surface area contributed by atoms with Gasteiger partial charge in [0.2, 0.25) is 0 Å². The molecule has 0 amide bonds. The number of unbranched alkanes of at least 4 members (excludes halogenated alkanes) is 7. The van der Waals surface area contributed by atoms with Crippen molar-refractivity contribution in [3.63, 3.8) is 0 Å². The first kappa shape index (κ1) is 21.7. The van der Waals surface area contributed by atoms with Gasteiger partial charge >= 0.3 is 0 Å². The first-order valence-electron chi connectivity index (χ1n) is 10.4. The summed E-state index contributed by atoms with van der Waals surface area (Å²) in [6.45, 7) is 2.99. The summed E-state index contributed by atoms with van der Waals surface area (Å²) in [4.78, 5) is 12.1. The van der Waals surface area contributed by atoms with Crippen molar-refractivity contribution in [3.8, 4) is 11.5 Å². The van der Waals surface area contributed by atoms with Gasteiger partial charge in [0.1, 0.15) is 11.5 Å². The summed E-state index contributed by atoms with van der Waals surface area (Å²) in [5, 5.41) is 9.73. The van der Waals surface area contributed by atoms with E-state index in [1.165, 1.54) is 57.1 Å². The van der Waals surface area contributed by atoms with E-state index >= 15 is 0 Å². The van der Waals surface area contributed by atoms with E-state index in [1.54, 1.807) is 24.3 Å². The van der Waals surface area contributed by atoms with Gasteiger partial charge in [-0.15, -0.1) is 0 Å². The average molecular weight is 381 g/mol. The van der Waals surface area contributed by atoms with Gasteiger partial charge in [-0.3, -0.25) is 4.79 Å². The number of hydrogen-bond acceptors (Lipinski definition) is 3. The van der Waals surface area contributed by atoms with Crippen molar-refractivity contribution in [1.82, 2.24) is 0 Å². The van der Waals surface area contributed by atoms with Crippen LogP contribution in [-0.4, -0.2) is 17.5 Å². The molecule has 0 radical (unpaired) electrons. The Labute approximate surface area is 169 Å². The van der Waals surface area contributed by atoms with Gasteiger partial charge in [-0.2, -0.15) is 0 Å². The molecule has 0 atom stereocenters. The largest absolute Gasteiger partial charge is 0.507 e. The molecular weight excluding hydrogens is 348 g/mol. The number of aromatic hydroxyl groups is 1. The van der Waals surface area contributed by atoms with Crippen LogP contribution >= 0.6 is 0 Å². The van der Waals surface area contributed by atoms with Crippen LogP contribution in [0, 0.1) is 0 Å². The minimum Gasteiger partial charge on any atom is -0.507 e. The van der Waals surface area contributed by atoms with Crippen molar-refractivity contribution in [3.05, 3.63) is 65.7 Å². The monoisotopic (exact) mass is 380 g/mol. The molecule has 0 aliphatic carbocycles. The third-order valence-electron chi connectivity index (χ3n) is 4.74. The summed E-state index contributed by atoms with van der Waals surface area (Å²) in [5.74, 6) is 0.641. The average Bonchev–Trinajstić information content (AvgIpc) is 2.72. The zero-order valence-electron chi connectivity index (χ0n) is 16.9. The normalized spacial score (nSPS) is 11.0. The number of para-hydroxylation sites is 1. The lowest BCUT2D eigenvalue weighted by atomic mass is 10.1. The van der Waals surface area contributed by atoms with Gasteiger partial charge in [0.05, 0.1) is 12.2 Å². The second kappa shape index (κ2) is 12.8. The van der Waals surface area contributed by atoms with Crippen LogP contribution in [0.1, 0.15) is 74.2 Å². The Balaban J connectivity index is 1.67. The SMILES string of the molecule is CCCCCCCCCCOc1ccc(C=CC(=O)c2ccccc2O)cc1. The van der Waals surface area contributed by atoms with Gasteiger partial charge in [-0.1, -0.05) is 82.2 Å². The number of phenols is 1. The van der Waals surface area contributed by atoms with Crippen LogP contribution < -0.4 is 4.74 Å². The molecule has 0 spiro atoms. The molecule has 0 aromatic heterocycles. The van der Waals surface area contributed by atoms with Crippen molar-refractivity contribution in [2.45, 2.75) is 58.3 Å². The highest BCUT2D eigenvalue weighted by Gasteiger charge is 2.06. The maximum absolute atomic E-state index is 12.1. The molecule has 28 heavy (non-hydrogen) atoms. The lowest BCUT2D eigenvalue weighted by Crippen LogP contribution is -1.97. The Morgan fingerprint density at radius 1 is 0.893 bits per heavy atom. The van der Waals surface area contributed by atoms with Crippen LogP contribution in [0.2, 0.25) is 0 Å². The number of carbonyl (C=O) groups is 1. The Morgan fingerprint density at radius 2 is 1.54 bits per heavy atom. The van der Waals surface area contributed by atoms with Crippen molar-refractivity contribution < 1.29 is 14.6 Å². The summed E-state index contributed by atoms with van der Waals surface area (Å²) in [6.07, 6.45) is 13.5. The van der Waals surface area contributed by atoms with E-state index in [4.69, 9.17) is 4.74 Å². The molecule has 0 aliphatic heterocycles. The lowest BCUT2D eigenvalue weighted by Gasteiger charge is -2.06. The molecule has 0 unspecified atom stereocenters. The maximum Gasteiger partial charge on any atom is 0.189 e. The Hall–Kier alpha value is -2.55. The molecule has 0 saturated heterocycles. The summed E-state index contributed by atoms with van der Waals surface area (Å²) < 4.78 is 5.79. The van der Waals surface area contributed by atoms with Gasteiger partial charge in [0.15, 0.2) is 5.78 Å². The highest BCUT2D eigenvalue weighted by atomic mass is 16.5. The van der Waals surface area contributed by atoms with Crippen molar-refractivity contribution in [2.24, 2.45) is 0 Å². The smallest absolute Gasteiger partial charge is 0.189 e. The minimum absolute atomic E-state index is 0.00172. The Morgan fingerprint density at radius 3 is 2.21 bits per heavy atom. The fourth-order valence-electron chi connectivity index (χ4n) is 3.04. The number of allylic oxidation sites excluding steroid dienone is 1. The molecule has 0 aliphatic rings. The van der Waals surface area contributed by atoms with Crippen molar-refractivity contribution in [2.75, 3.05) is 6.61 Å². The highest BCUT2D eigenvalue weighted by molar-refractivity contribution is 6.08. The molecule has 2 rings (SSSR count). The van der Waals surface area contributed by atoms with Gasteiger partial charge < -0.3 is 9.84 Å². The second-order valence-corrected chi connectivity index (χ2v) is 7.11. The van der Waals surface area contributed by atoms with Crippen LogP contribution in [-0.2, 0) is 0 Å². The first-order valence-corrected chi connectivity index (χ1v) is 10.4. The Kier molecular flexibility index (Phi) is 9.92. The predicted octanol–water partition coefficient (Wildman–Crippen LogP) is 6.81. The summed E-state index contributed by atoms with van der Waals surface area (Å²) >= 11 is 0. The van der Waals surface area contributed by atoms with Gasteiger partial charge in [0.25, 0.3) is 0 Å². The topological polar surface area (TPSA) is 46.5 Å². The number of rotatable bonds is 13. The molecule has 3 nitrogen and oxygen atoms in total. The molecule has 1 N–H and O–H groups in total. The molecule has 0 bridgehead atoms. The molecule has 150 valence electrons. The fourth-order valence-corrected chi connectivity index (χ4v) is 3.04. The Bertz CT molecular complexity index is 732. The zero-order valence-corrected chi connectivity index (χ0v) is 16.9. The van der Waals surface area contributed by atoms with E-state index in [9.17, 15) is 9.90 Å². The van der Waals surface area contributed by atoms with E-state index in [0.717, 1.165) is 24.3 Å².